The summed E-state index contributed by atoms with van der Waals surface area (Å²) in [5.41, 5.74) is 1.78. The zero-order valence-electron chi connectivity index (χ0n) is 9.05. The summed E-state index contributed by atoms with van der Waals surface area (Å²) in [7, 11) is 0. The number of benzene rings is 1. The van der Waals surface area contributed by atoms with Crippen LogP contribution in [0.15, 0.2) is 30.5 Å². The van der Waals surface area contributed by atoms with Crippen LogP contribution >= 0.6 is 0 Å². The maximum absolute atomic E-state index is 10.1. The predicted molar refractivity (Wildman–Crippen MR) is 61.4 cm³/mol. The fourth-order valence-electron chi connectivity index (χ4n) is 2.30. The zero-order valence-corrected chi connectivity index (χ0v) is 9.05. The molecule has 1 aromatic heterocycles. The van der Waals surface area contributed by atoms with E-state index in [1.54, 1.807) is 6.20 Å². The lowest BCUT2D eigenvalue weighted by Gasteiger charge is -2.28. The lowest BCUT2D eigenvalue weighted by molar-refractivity contribution is 0.0764. The van der Waals surface area contributed by atoms with Gasteiger partial charge in [-0.25, -0.2) is 0 Å². The van der Waals surface area contributed by atoms with E-state index in [1.807, 2.05) is 31.2 Å². The van der Waals surface area contributed by atoms with E-state index in [-0.39, 0.29) is 6.10 Å². The maximum Gasteiger partial charge on any atom is 0.126 e. The Morgan fingerprint density at radius 3 is 3.12 bits per heavy atom. The van der Waals surface area contributed by atoms with Crippen molar-refractivity contribution in [2.75, 3.05) is 0 Å². The molecule has 0 fully saturated rings. The molecule has 2 heterocycles. The normalized spacial score (nSPS) is 23.9. The van der Waals surface area contributed by atoms with Gasteiger partial charge < -0.3 is 9.84 Å². The van der Waals surface area contributed by atoms with Gasteiger partial charge in [-0.15, -0.1) is 0 Å². The summed E-state index contributed by atoms with van der Waals surface area (Å²) >= 11 is 0. The van der Waals surface area contributed by atoms with E-state index < -0.39 is 6.10 Å². The van der Waals surface area contributed by atoms with E-state index in [4.69, 9.17) is 4.74 Å². The van der Waals surface area contributed by atoms with Gasteiger partial charge in [-0.05, 0) is 25.1 Å². The second kappa shape index (κ2) is 3.46. The van der Waals surface area contributed by atoms with Crippen LogP contribution < -0.4 is 4.74 Å². The molecule has 2 atom stereocenters. The van der Waals surface area contributed by atoms with E-state index in [0.29, 0.717) is 6.42 Å². The highest BCUT2D eigenvalue weighted by atomic mass is 16.5. The van der Waals surface area contributed by atoms with Crippen molar-refractivity contribution in [3.63, 3.8) is 0 Å². The van der Waals surface area contributed by atoms with E-state index in [0.717, 1.165) is 22.2 Å². The van der Waals surface area contributed by atoms with E-state index in [9.17, 15) is 5.11 Å². The standard InChI is InChI=1S/C13H13NO2/c1-8-7-11(15)13-9-3-2-6-14-10(9)4-5-12(13)16-8/h2-6,8,11,15H,7H2,1H3/t8-,11+/m1/s1. The molecule has 82 valence electrons. The molecule has 3 heteroatoms. The van der Waals surface area contributed by atoms with Gasteiger partial charge in [0.1, 0.15) is 5.75 Å². The Labute approximate surface area is 93.7 Å². The van der Waals surface area contributed by atoms with E-state index >= 15 is 0 Å². The van der Waals surface area contributed by atoms with Crippen LogP contribution in [0.2, 0.25) is 0 Å². The van der Waals surface area contributed by atoms with Crippen molar-refractivity contribution in [1.29, 1.82) is 0 Å². The van der Waals surface area contributed by atoms with Crippen molar-refractivity contribution < 1.29 is 9.84 Å². The number of pyridine rings is 1. The molecule has 1 aliphatic heterocycles. The first-order chi connectivity index (χ1) is 7.75. The number of ether oxygens (including phenoxy) is 1. The summed E-state index contributed by atoms with van der Waals surface area (Å²) in [6, 6.07) is 7.68. The molecule has 3 rings (SSSR count). The molecule has 0 saturated carbocycles. The van der Waals surface area contributed by atoms with Gasteiger partial charge in [-0.3, -0.25) is 4.98 Å². The third-order valence-electron chi connectivity index (χ3n) is 3.00. The summed E-state index contributed by atoms with van der Waals surface area (Å²) in [5.74, 6) is 0.784. The Morgan fingerprint density at radius 1 is 1.38 bits per heavy atom. The van der Waals surface area contributed by atoms with Gasteiger partial charge in [0.05, 0.1) is 17.7 Å². The summed E-state index contributed by atoms with van der Waals surface area (Å²) in [4.78, 5) is 4.28. The Bertz CT molecular complexity index is 538. The maximum atomic E-state index is 10.1. The minimum atomic E-state index is -0.452. The molecule has 0 bridgehead atoms. The lowest BCUT2D eigenvalue weighted by atomic mass is 9.96. The van der Waals surface area contributed by atoms with Crippen molar-refractivity contribution in [3.8, 4) is 5.75 Å². The molecule has 0 aliphatic carbocycles. The van der Waals surface area contributed by atoms with Crippen LogP contribution in [0, 0.1) is 0 Å². The second-order valence-corrected chi connectivity index (χ2v) is 4.23. The lowest BCUT2D eigenvalue weighted by Crippen LogP contribution is -2.22. The molecular formula is C13H13NO2. The van der Waals surface area contributed by atoms with Gasteiger partial charge in [-0.1, -0.05) is 6.07 Å². The molecule has 0 radical (unpaired) electrons. The highest BCUT2D eigenvalue weighted by molar-refractivity contribution is 5.85. The van der Waals surface area contributed by atoms with Crippen molar-refractivity contribution in [2.45, 2.75) is 25.6 Å². The second-order valence-electron chi connectivity index (χ2n) is 4.23. The molecule has 0 spiro atoms. The van der Waals surface area contributed by atoms with Gasteiger partial charge in [0.2, 0.25) is 0 Å². The SMILES string of the molecule is C[C@@H]1C[C@H](O)c2c(ccc3ncccc23)O1. The van der Waals surface area contributed by atoms with Crippen LogP contribution in [-0.4, -0.2) is 16.2 Å². The average Bonchev–Trinajstić information content (AvgIpc) is 2.28. The van der Waals surface area contributed by atoms with Crippen LogP contribution in [0.25, 0.3) is 10.9 Å². The highest BCUT2D eigenvalue weighted by Gasteiger charge is 2.26. The van der Waals surface area contributed by atoms with E-state index in [2.05, 4.69) is 4.98 Å². The van der Waals surface area contributed by atoms with Crippen LogP contribution in [0.3, 0.4) is 0 Å². The average molecular weight is 215 g/mol. The largest absolute Gasteiger partial charge is 0.490 e. The number of aliphatic hydroxyl groups excluding tert-OH is 1. The Hall–Kier alpha value is -1.61. The van der Waals surface area contributed by atoms with Crippen molar-refractivity contribution >= 4 is 10.9 Å². The third kappa shape index (κ3) is 1.36. The number of hydrogen-bond donors (Lipinski definition) is 1. The molecule has 1 aliphatic rings. The first-order valence-corrected chi connectivity index (χ1v) is 5.48. The van der Waals surface area contributed by atoms with Gasteiger partial charge in [0.15, 0.2) is 0 Å². The topological polar surface area (TPSA) is 42.4 Å². The first kappa shape index (κ1) is 9.60. The van der Waals surface area contributed by atoms with Crippen LogP contribution in [0.5, 0.6) is 5.75 Å². The number of aromatic nitrogens is 1. The highest BCUT2D eigenvalue weighted by Crippen LogP contribution is 2.38. The number of hydrogen-bond acceptors (Lipinski definition) is 3. The molecule has 1 N–H and O–H groups in total. The molecular weight excluding hydrogens is 202 g/mol. The van der Waals surface area contributed by atoms with Crippen LogP contribution in [-0.2, 0) is 0 Å². The Balaban J connectivity index is 2.29. The van der Waals surface area contributed by atoms with Gasteiger partial charge in [-0.2, -0.15) is 0 Å². The van der Waals surface area contributed by atoms with Gasteiger partial charge in [0.25, 0.3) is 0 Å². The molecule has 0 amide bonds. The number of aliphatic hydroxyl groups is 1. The molecule has 16 heavy (non-hydrogen) atoms. The fourth-order valence-corrected chi connectivity index (χ4v) is 2.30. The summed E-state index contributed by atoms with van der Waals surface area (Å²) in [6.45, 7) is 1.97. The summed E-state index contributed by atoms with van der Waals surface area (Å²) < 4.78 is 5.72. The molecule has 0 unspecified atom stereocenters. The Kier molecular flexibility index (Phi) is 2.07. The Morgan fingerprint density at radius 2 is 2.25 bits per heavy atom. The summed E-state index contributed by atoms with van der Waals surface area (Å²) in [5, 5.41) is 11.1. The smallest absolute Gasteiger partial charge is 0.126 e. The van der Waals surface area contributed by atoms with Crippen molar-refractivity contribution in [1.82, 2.24) is 4.98 Å². The molecule has 2 aromatic rings. The number of rotatable bonds is 0. The van der Waals surface area contributed by atoms with Crippen molar-refractivity contribution in [2.24, 2.45) is 0 Å². The van der Waals surface area contributed by atoms with Crippen LogP contribution in [0.4, 0.5) is 0 Å². The summed E-state index contributed by atoms with van der Waals surface area (Å²) in [6.07, 6.45) is 2.01. The fraction of sp³-hybridized carbons (Fsp3) is 0.308. The van der Waals surface area contributed by atoms with Gasteiger partial charge >= 0.3 is 0 Å². The van der Waals surface area contributed by atoms with Crippen molar-refractivity contribution in [3.05, 3.63) is 36.0 Å². The molecule has 1 aromatic carbocycles. The first-order valence-electron chi connectivity index (χ1n) is 5.48. The third-order valence-corrected chi connectivity index (χ3v) is 3.00. The van der Waals surface area contributed by atoms with E-state index in [1.165, 1.54) is 0 Å². The van der Waals surface area contributed by atoms with Gasteiger partial charge in [0, 0.05) is 23.6 Å². The minimum absolute atomic E-state index is 0.0663. The minimum Gasteiger partial charge on any atom is -0.490 e. The monoisotopic (exact) mass is 215 g/mol. The number of fused-ring (bicyclic) bond motifs is 3. The molecule has 0 saturated heterocycles. The number of nitrogens with zero attached hydrogens (tertiary/aromatic N) is 1. The predicted octanol–water partition coefficient (Wildman–Crippen LogP) is 2.44. The molecule has 3 nitrogen and oxygen atoms in total. The van der Waals surface area contributed by atoms with Crippen LogP contribution in [0.1, 0.15) is 25.0 Å². The quantitative estimate of drug-likeness (QED) is 0.734. The zero-order chi connectivity index (χ0) is 11.1.